The van der Waals surface area contributed by atoms with Gasteiger partial charge < -0.3 is 15.3 Å². The monoisotopic (exact) mass is 426 g/mol. The van der Waals surface area contributed by atoms with Crippen LogP contribution in [0.1, 0.15) is 5.69 Å². The van der Waals surface area contributed by atoms with Crippen LogP contribution in [0.4, 0.5) is 5.82 Å². The lowest BCUT2D eigenvalue weighted by atomic mass is 10.3. The molecule has 1 aromatic carbocycles. The highest BCUT2D eigenvalue weighted by atomic mass is 35.5. The molecule has 28 heavy (non-hydrogen) atoms. The number of rotatable bonds is 6. The molecule has 0 aliphatic carbocycles. The zero-order valence-corrected chi connectivity index (χ0v) is 16.1. The van der Waals surface area contributed by atoms with Crippen molar-refractivity contribution in [2.75, 3.05) is 18.5 Å². The van der Waals surface area contributed by atoms with E-state index in [1.54, 1.807) is 17.1 Å². The molecule has 0 unspecified atom stereocenters. The maximum absolute atomic E-state index is 8.36. The molecule has 0 bridgehead atoms. The van der Waals surface area contributed by atoms with Gasteiger partial charge in [0.05, 0.1) is 35.3 Å². The molecule has 0 radical (unpaired) electrons. The zero-order chi connectivity index (χ0) is 20.5. The SMILES string of the molecule is Cc1ncnc(NCCOc2cnn(-c3ccccc3Cl)c2)c1Cl.O=[N+]([O-])O. The molecule has 3 rings (SSSR count). The van der Waals surface area contributed by atoms with Crippen LogP contribution in [0.15, 0.2) is 43.0 Å². The van der Waals surface area contributed by atoms with Crippen LogP contribution < -0.4 is 10.1 Å². The summed E-state index contributed by atoms with van der Waals surface area (Å²) in [6, 6.07) is 7.48. The van der Waals surface area contributed by atoms with Crippen molar-refractivity contribution in [1.82, 2.24) is 19.7 Å². The van der Waals surface area contributed by atoms with Crippen molar-refractivity contribution in [1.29, 1.82) is 0 Å². The van der Waals surface area contributed by atoms with Crippen molar-refractivity contribution in [3.05, 3.63) is 68.8 Å². The highest BCUT2D eigenvalue weighted by Crippen LogP contribution is 2.22. The maximum atomic E-state index is 8.36. The van der Waals surface area contributed by atoms with E-state index in [4.69, 9.17) is 43.3 Å². The lowest BCUT2D eigenvalue weighted by Crippen LogP contribution is -2.13. The van der Waals surface area contributed by atoms with Gasteiger partial charge in [-0.15, -0.1) is 10.1 Å². The lowest BCUT2D eigenvalue weighted by Gasteiger charge is -2.08. The van der Waals surface area contributed by atoms with E-state index in [0.29, 0.717) is 34.8 Å². The molecule has 2 heterocycles. The number of nitrogens with one attached hydrogen (secondary N) is 1. The first-order chi connectivity index (χ1) is 13.4. The van der Waals surface area contributed by atoms with Gasteiger partial charge in [0.25, 0.3) is 5.09 Å². The number of nitrogens with zero attached hydrogens (tertiary/aromatic N) is 5. The molecule has 0 saturated carbocycles. The molecule has 10 nitrogen and oxygen atoms in total. The van der Waals surface area contributed by atoms with E-state index < -0.39 is 5.09 Å². The number of benzene rings is 1. The van der Waals surface area contributed by atoms with Gasteiger partial charge in [-0.05, 0) is 19.1 Å². The molecule has 12 heteroatoms. The summed E-state index contributed by atoms with van der Waals surface area (Å²) in [7, 11) is 0. The van der Waals surface area contributed by atoms with Gasteiger partial charge in [-0.25, -0.2) is 14.6 Å². The minimum atomic E-state index is -1.50. The van der Waals surface area contributed by atoms with Gasteiger partial charge in [-0.2, -0.15) is 5.10 Å². The van der Waals surface area contributed by atoms with Crippen LogP contribution in [0.2, 0.25) is 10.0 Å². The molecular weight excluding hydrogens is 411 g/mol. The molecule has 0 spiro atoms. The predicted molar refractivity (Wildman–Crippen MR) is 103 cm³/mol. The Kier molecular flexibility index (Phi) is 7.78. The molecule has 0 amide bonds. The van der Waals surface area contributed by atoms with Crippen LogP contribution in [0.5, 0.6) is 5.75 Å². The first kappa shape index (κ1) is 21.2. The Morgan fingerprint density at radius 1 is 1.32 bits per heavy atom. The first-order valence-electron chi connectivity index (χ1n) is 7.85. The Morgan fingerprint density at radius 3 is 2.75 bits per heavy atom. The van der Waals surface area contributed by atoms with Gasteiger partial charge in [0.1, 0.15) is 23.8 Å². The maximum Gasteiger partial charge on any atom is 0.291 e. The van der Waals surface area contributed by atoms with E-state index in [0.717, 1.165) is 11.4 Å². The molecule has 2 aromatic heterocycles. The van der Waals surface area contributed by atoms with Crippen molar-refractivity contribution in [2.24, 2.45) is 0 Å². The van der Waals surface area contributed by atoms with Crippen LogP contribution in [0, 0.1) is 17.0 Å². The standard InChI is InChI=1S/C16H15Cl2N5O.HNO3/c1-11-15(18)16(21-10-20-11)19-6-7-24-12-8-22-23(9-12)14-5-3-2-4-13(14)17;2-1(3)4/h2-5,8-10H,6-7H2,1H3,(H,19,20,21);(H,2,3,4). The molecule has 0 fully saturated rings. The third-order valence-corrected chi connectivity index (χ3v) is 4.06. The van der Waals surface area contributed by atoms with Gasteiger partial charge in [0, 0.05) is 0 Å². The Balaban J connectivity index is 0.000000640. The predicted octanol–water partition coefficient (Wildman–Crippen LogP) is 3.42. The summed E-state index contributed by atoms with van der Waals surface area (Å²) in [6.45, 7) is 2.82. The minimum Gasteiger partial charge on any atom is -0.488 e. The normalized spacial score (nSPS) is 9.96. The molecule has 0 atom stereocenters. The van der Waals surface area contributed by atoms with E-state index in [1.165, 1.54) is 6.33 Å². The molecular formula is C16H16Cl2N6O4. The summed E-state index contributed by atoms with van der Waals surface area (Å²) in [5.41, 5.74) is 1.53. The van der Waals surface area contributed by atoms with Crippen LogP contribution in [0.3, 0.4) is 0 Å². The van der Waals surface area contributed by atoms with E-state index in [9.17, 15) is 0 Å². The van der Waals surface area contributed by atoms with E-state index in [1.807, 2.05) is 31.2 Å². The quantitative estimate of drug-likeness (QED) is 0.348. The summed E-state index contributed by atoms with van der Waals surface area (Å²) >= 11 is 12.3. The third-order valence-electron chi connectivity index (χ3n) is 3.29. The summed E-state index contributed by atoms with van der Waals surface area (Å²) in [6.07, 6.45) is 4.90. The fraction of sp³-hybridized carbons (Fsp3) is 0.188. The molecule has 3 aromatic rings. The fourth-order valence-electron chi connectivity index (χ4n) is 2.07. The minimum absolute atomic E-state index is 0.438. The molecule has 2 N–H and O–H groups in total. The summed E-state index contributed by atoms with van der Waals surface area (Å²) < 4.78 is 7.34. The van der Waals surface area contributed by atoms with Crippen LogP contribution in [-0.4, -0.2) is 43.2 Å². The number of hydrogen-bond acceptors (Lipinski definition) is 7. The van der Waals surface area contributed by atoms with E-state index >= 15 is 0 Å². The third kappa shape index (κ3) is 6.25. The Labute approximate surface area is 169 Å². The second-order valence-electron chi connectivity index (χ2n) is 5.21. The number of aromatic nitrogens is 4. The van der Waals surface area contributed by atoms with Crippen molar-refractivity contribution in [2.45, 2.75) is 6.92 Å². The summed E-state index contributed by atoms with van der Waals surface area (Å²) in [5.74, 6) is 1.25. The van der Waals surface area contributed by atoms with Gasteiger partial charge in [0.15, 0.2) is 5.75 Å². The van der Waals surface area contributed by atoms with Gasteiger partial charge in [0.2, 0.25) is 0 Å². The second-order valence-corrected chi connectivity index (χ2v) is 5.99. The zero-order valence-electron chi connectivity index (χ0n) is 14.6. The summed E-state index contributed by atoms with van der Waals surface area (Å²) in [5, 5.41) is 22.2. The van der Waals surface area contributed by atoms with E-state index in [2.05, 4.69) is 20.4 Å². The fourth-order valence-corrected chi connectivity index (χ4v) is 2.46. The molecule has 148 valence electrons. The molecule has 0 aliphatic rings. The molecule has 0 saturated heterocycles. The average molecular weight is 427 g/mol. The Bertz CT molecular complexity index is 933. The topological polar surface area (TPSA) is 128 Å². The highest BCUT2D eigenvalue weighted by molar-refractivity contribution is 6.33. The number of halogens is 2. The van der Waals surface area contributed by atoms with Crippen molar-refractivity contribution < 1.29 is 15.0 Å². The van der Waals surface area contributed by atoms with E-state index in [-0.39, 0.29) is 0 Å². The molecule has 0 aliphatic heterocycles. The highest BCUT2D eigenvalue weighted by Gasteiger charge is 2.07. The van der Waals surface area contributed by atoms with Crippen LogP contribution in [-0.2, 0) is 0 Å². The number of hydrogen-bond donors (Lipinski definition) is 2. The Morgan fingerprint density at radius 2 is 2.04 bits per heavy atom. The van der Waals surface area contributed by atoms with Crippen molar-refractivity contribution in [3.63, 3.8) is 0 Å². The first-order valence-corrected chi connectivity index (χ1v) is 8.60. The smallest absolute Gasteiger partial charge is 0.291 e. The number of ether oxygens (including phenoxy) is 1. The van der Waals surface area contributed by atoms with Gasteiger partial charge in [-0.1, -0.05) is 35.3 Å². The largest absolute Gasteiger partial charge is 0.488 e. The lowest BCUT2D eigenvalue weighted by molar-refractivity contribution is -0.742. The number of para-hydroxylation sites is 1. The van der Waals surface area contributed by atoms with Crippen LogP contribution in [0.25, 0.3) is 5.69 Å². The van der Waals surface area contributed by atoms with Crippen molar-refractivity contribution >= 4 is 29.0 Å². The number of anilines is 1. The van der Waals surface area contributed by atoms with Crippen LogP contribution >= 0.6 is 23.2 Å². The number of aryl methyl sites for hydroxylation is 1. The average Bonchev–Trinajstić information content (AvgIpc) is 3.11. The Hall–Kier alpha value is -3.11. The summed E-state index contributed by atoms with van der Waals surface area (Å²) in [4.78, 5) is 16.5. The van der Waals surface area contributed by atoms with Gasteiger partial charge >= 0.3 is 0 Å². The van der Waals surface area contributed by atoms with Gasteiger partial charge in [-0.3, -0.25) is 0 Å². The van der Waals surface area contributed by atoms with Crippen molar-refractivity contribution in [3.8, 4) is 11.4 Å². The second kappa shape index (κ2) is 10.3.